The standard InChI is InChI=1S/C28H27Cl2N3O4/c1-36-26-15-20(7-10-25(26)37-18-19-5-3-2-4-6-19)17-31-32-27(34)21-11-13-33(14-12-21)28(35)23-9-8-22(29)16-24(23)30/h2-10,15-17,21H,11-14,18H2,1H3,(H,32,34)/b31-17-. The zero-order valence-corrected chi connectivity index (χ0v) is 21.8. The predicted molar refractivity (Wildman–Crippen MR) is 145 cm³/mol. The molecule has 1 fully saturated rings. The Hall–Kier alpha value is -3.55. The smallest absolute Gasteiger partial charge is 0.255 e. The number of carbonyl (C=O) groups is 2. The molecule has 0 spiro atoms. The third-order valence-electron chi connectivity index (χ3n) is 6.13. The lowest BCUT2D eigenvalue weighted by Crippen LogP contribution is -2.42. The van der Waals surface area contributed by atoms with Crippen LogP contribution in [-0.4, -0.2) is 43.1 Å². The average molecular weight is 540 g/mol. The predicted octanol–water partition coefficient (Wildman–Crippen LogP) is 5.58. The maximum absolute atomic E-state index is 12.8. The largest absolute Gasteiger partial charge is 0.493 e. The molecule has 1 N–H and O–H groups in total. The van der Waals surface area contributed by atoms with Gasteiger partial charge in [-0.15, -0.1) is 0 Å². The fourth-order valence-corrected chi connectivity index (χ4v) is 4.55. The Kier molecular flexibility index (Phi) is 9.04. The van der Waals surface area contributed by atoms with E-state index in [1.807, 2.05) is 42.5 Å². The van der Waals surface area contributed by atoms with Gasteiger partial charge in [0.2, 0.25) is 5.91 Å². The number of hydrogen-bond acceptors (Lipinski definition) is 5. The molecule has 192 valence electrons. The molecule has 37 heavy (non-hydrogen) atoms. The van der Waals surface area contributed by atoms with Gasteiger partial charge in [-0.2, -0.15) is 5.10 Å². The summed E-state index contributed by atoms with van der Waals surface area (Å²) in [5, 5.41) is 4.90. The van der Waals surface area contributed by atoms with Crippen molar-refractivity contribution in [3.8, 4) is 11.5 Å². The van der Waals surface area contributed by atoms with E-state index in [-0.39, 0.29) is 17.7 Å². The van der Waals surface area contributed by atoms with Crippen molar-refractivity contribution in [1.29, 1.82) is 0 Å². The Bertz CT molecular complexity index is 1280. The van der Waals surface area contributed by atoms with Gasteiger partial charge in [0, 0.05) is 24.0 Å². The molecule has 0 saturated carbocycles. The van der Waals surface area contributed by atoms with Crippen molar-refractivity contribution >= 4 is 41.2 Å². The summed E-state index contributed by atoms with van der Waals surface area (Å²) in [7, 11) is 1.57. The number of ether oxygens (including phenoxy) is 2. The number of nitrogens with zero attached hydrogens (tertiary/aromatic N) is 2. The van der Waals surface area contributed by atoms with Crippen LogP contribution in [0.5, 0.6) is 11.5 Å². The second-order valence-electron chi connectivity index (χ2n) is 8.61. The summed E-state index contributed by atoms with van der Waals surface area (Å²) in [6.45, 7) is 1.35. The van der Waals surface area contributed by atoms with Crippen LogP contribution in [0.3, 0.4) is 0 Å². The number of hydrogen-bond donors (Lipinski definition) is 1. The van der Waals surface area contributed by atoms with Gasteiger partial charge in [0.1, 0.15) is 6.61 Å². The Morgan fingerprint density at radius 1 is 1.03 bits per heavy atom. The molecule has 0 bridgehead atoms. The highest BCUT2D eigenvalue weighted by molar-refractivity contribution is 6.36. The molecule has 0 radical (unpaired) electrons. The minimum Gasteiger partial charge on any atom is -0.493 e. The zero-order chi connectivity index (χ0) is 26.2. The van der Waals surface area contributed by atoms with Crippen molar-refractivity contribution < 1.29 is 19.1 Å². The van der Waals surface area contributed by atoms with Crippen molar-refractivity contribution in [3.63, 3.8) is 0 Å². The van der Waals surface area contributed by atoms with Gasteiger partial charge in [0.05, 0.1) is 23.9 Å². The number of nitrogens with one attached hydrogen (secondary N) is 1. The van der Waals surface area contributed by atoms with Gasteiger partial charge in [0.25, 0.3) is 5.91 Å². The molecule has 0 unspecified atom stereocenters. The number of halogens is 2. The van der Waals surface area contributed by atoms with E-state index in [1.54, 1.807) is 42.5 Å². The molecule has 1 aliphatic rings. The van der Waals surface area contributed by atoms with Gasteiger partial charge in [-0.25, -0.2) is 5.43 Å². The molecule has 0 aliphatic carbocycles. The topological polar surface area (TPSA) is 80.2 Å². The Labute approximate surface area is 226 Å². The average Bonchev–Trinajstić information content (AvgIpc) is 2.92. The van der Waals surface area contributed by atoms with E-state index in [0.29, 0.717) is 59.6 Å². The van der Waals surface area contributed by atoms with Gasteiger partial charge in [0.15, 0.2) is 11.5 Å². The van der Waals surface area contributed by atoms with Gasteiger partial charge in [-0.05, 0) is 60.4 Å². The van der Waals surface area contributed by atoms with E-state index in [4.69, 9.17) is 32.7 Å². The molecule has 1 heterocycles. The van der Waals surface area contributed by atoms with Crippen LogP contribution in [0.15, 0.2) is 71.8 Å². The van der Waals surface area contributed by atoms with Gasteiger partial charge >= 0.3 is 0 Å². The van der Waals surface area contributed by atoms with E-state index < -0.39 is 0 Å². The second kappa shape index (κ2) is 12.6. The number of rotatable bonds is 8. The molecule has 3 aromatic rings. The summed E-state index contributed by atoms with van der Waals surface area (Å²) in [5.41, 5.74) is 4.83. The Balaban J connectivity index is 1.27. The number of benzene rings is 3. The van der Waals surface area contributed by atoms with E-state index in [9.17, 15) is 9.59 Å². The van der Waals surface area contributed by atoms with Crippen LogP contribution in [-0.2, 0) is 11.4 Å². The highest BCUT2D eigenvalue weighted by atomic mass is 35.5. The summed E-state index contributed by atoms with van der Waals surface area (Å²) in [4.78, 5) is 27.1. The maximum atomic E-state index is 12.8. The lowest BCUT2D eigenvalue weighted by atomic mass is 9.95. The molecule has 0 atom stereocenters. The number of piperidine rings is 1. The van der Waals surface area contributed by atoms with Crippen LogP contribution >= 0.6 is 23.2 Å². The minimum absolute atomic E-state index is 0.163. The molecular weight excluding hydrogens is 513 g/mol. The van der Waals surface area contributed by atoms with Gasteiger partial charge < -0.3 is 14.4 Å². The number of carbonyl (C=O) groups excluding carboxylic acids is 2. The number of methoxy groups -OCH3 is 1. The first-order valence-corrected chi connectivity index (χ1v) is 12.6. The maximum Gasteiger partial charge on any atom is 0.255 e. The van der Waals surface area contributed by atoms with Crippen LogP contribution in [0.4, 0.5) is 0 Å². The Morgan fingerprint density at radius 2 is 1.78 bits per heavy atom. The van der Waals surface area contributed by atoms with Crippen molar-refractivity contribution in [3.05, 3.63) is 93.5 Å². The summed E-state index contributed by atoms with van der Waals surface area (Å²) in [6, 6.07) is 20.1. The van der Waals surface area contributed by atoms with Gasteiger partial charge in [-0.3, -0.25) is 9.59 Å². The highest BCUT2D eigenvalue weighted by Gasteiger charge is 2.28. The van der Waals surface area contributed by atoms with Crippen LogP contribution in [0, 0.1) is 5.92 Å². The molecule has 4 rings (SSSR count). The summed E-state index contributed by atoms with van der Waals surface area (Å²) in [5.74, 6) is 0.620. The van der Waals surface area contributed by atoms with E-state index in [1.165, 1.54) is 0 Å². The van der Waals surface area contributed by atoms with Crippen LogP contribution in [0.25, 0.3) is 0 Å². The molecule has 2 amide bonds. The number of amides is 2. The second-order valence-corrected chi connectivity index (χ2v) is 9.45. The van der Waals surface area contributed by atoms with Crippen LogP contribution in [0.1, 0.15) is 34.3 Å². The normalized spacial score (nSPS) is 14.0. The van der Waals surface area contributed by atoms with Crippen LogP contribution < -0.4 is 14.9 Å². The third-order valence-corrected chi connectivity index (χ3v) is 6.68. The minimum atomic E-state index is -0.231. The van der Waals surface area contributed by atoms with Crippen molar-refractivity contribution in [2.45, 2.75) is 19.4 Å². The van der Waals surface area contributed by atoms with Crippen molar-refractivity contribution in [1.82, 2.24) is 10.3 Å². The summed E-state index contributed by atoms with van der Waals surface area (Å²) >= 11 is 12.1. The fourth-order valence-electron chi connectivity index (χ4n) is 4.06. The van der Waals surface area contributed by atoms with E-state index in [0.717, 1.165) is 11.1 Å². The molecule has 1 saturated heterocycles. The molecular formula is C28H27Cl2N3O4. The highest BCUT2D eigenvalue weighted by Crippen LogP contribution is 2.28. The number of hydrazone groups is 1. The first-order chi connectivity index (χ1) is 17.9. The van der Waals surface area contributed by atoms with E-state index >= 15 is 0 Å². The molecule has 0 aromatic heterocycles. The van der Waals surface area contributed by atoms with Crippen LogP contribution in [0.2, 0.25) is 10.0 Å². The first-order valence-electron chi connectivity index (χ1n) is 11.9. The fraction of sp³-hybridized carbons (Fsp3) is 0.250. The molecule has 3 aromatic carbocycles. The third kappa shape index (κ3) is 7.02. The monoisotopic (exact) mass is 539 g/mol. The SMILES string of the molecule is COc1cc(/C=N\NC(=O)C2CCN(C(=O)c3ccc(Cl)cc3Cl)CC2)ccc1OCc1ccccc1. The van der Waals surface area contributed by atoms with Crippen molar-refractivity contribution in [2.24, 2.45) is 11.0 Å². The van der Waals surface area contributed by atoms with Crippen molar-refractivity contribution in [2.75, 3.05) is 20.2 Å². The lowest BCUT2D eigenvalue weighted by molar-refractivity contribution is -0.126. The first kappa shape index (κ1) is 26.5. The molecule has 1 aliphatic heterocycles. The summed E-state index contributed by atoms with van der Waals surface area (Å²) in [6.07, 6.45) is 2.64. The molecule has 7 nitrogen and oxygen atoms in total. The molecule has 9 heteroatoms. The number of likely N-dealkylation sites (tertiary alicyclic amines) is 1. The Morgan fingerprint density at radius 3 is 2.49 bits per heavy atom. The summed E-state index contributed by atoms with van der Waals surface area (Å²) < 4.78 is 11.3. The van der Waals surface area contributed by atoms with E-state index in [2.05, 4.69) is 10.5 Å². The van der Waals surface area contributed by atoms with Gasteiger partial charge in [-0.1, -0.05) is 53.5 Å². The zero-order valence-electron chi connectivity index (χ0n) is 20.3. The lowest BCUT2D eigenvalue weighted by Gasteiger charge is -2.31. The quantitative estimate of drug-likeness (QED) is 0.299.